The van der Waals surface area contributed by atoms with Crippen LogP contribution in [0.4, 0.5) is 5.69 Å². The van der Waals surface area contributed by atoms with Crippen LogP contribution in [0.2, 0.25) is 5.02 Å². The van der Waals surface area contributed by atoms with Gasteiger partial charge in [-0.3, -0.25) is 14.9 Å². The normalized spacial score (nSPS) is 13.7. The van der Waals surface area contributed by atoms with Crippen molar-refractivity contribution in [1.29, 1.82) is 0 Å². The Hall–Kier alpha value is -2.60. The second-order valence-electron chi connectivity index (χ2n) is 6.04. The van der Waals surface area contributed by atoms with Crippen molar-refractivity contribution in [3.05, 3.63) is 68.2 Å². The van der Waals surface area contributed by atoms with Crippen LogP contribution in [0.1, 0.15) is 28.4 Å². The number of hydrogen-bond donors (Lipinski definition) is 1. The SMILES string of the molecule is CC(Cc1ccc2c(c1)CCO2)NC(=O)c1cc(Cl)ccc1[N+](=O)[O-]. The Labute approximate surface area is 149 Å². The highest BCUT2D eigenvalue weighted by Crippen LogP contribution is 2.26. The highest BCUT2D eigenvalue weighted by atomic mass is 35.5. The maximum Gasteiger partial charge on any atom is 0.282 e. The third-order valence-electron chi connectivity index (χ3n) is 4.07. The molecule has 0 saturated carbocycles. The largest absolute Gasteiger partial charge is 0.493 e. The third kappa shape index (κ3) is 3.91. The molecule has 0 saturated heterocycles. The molecule has 0 fully saturated rings. The first-order valence-corrected chi connectivity index (χ1v) is 8.31. The van der Waals surface area contributed by atoms with Gasteiger partial charge in [-0.25, -0.2) is 0 Å². The van der Waals surface area contributed by atoms with Gasteiger partial charge < -0.3 is 10.1 Å². The van der Waals surface area contributed by atoms with Crippen molar-refractivity contribution >= 4 is 23.2 Å². The highest BCUT2D eigenvalue weighted by molar-refractivity contribution is 6.31. The fourth-order valence-electron chi connectivity index (χ4n) is 2.92. The molecular weight excluding hydrogens is 344 g/mol. The van der Waals surface area contributed by atoms with Crippen LogP contribution >= 0.6 is 11.6 Å². The molecule has 0 radical (unpaired) electrons. The van der Waals surface area contributed by atoms with Crippen molar-refractivity contribution in [3.63, 3.8) is 0 Å². The lowest BCUT2D eigenvalue weighted by atomic mass is 10.0. The Balaban J connectivity index is 1.71. The molecule has 1 N–H and O–H groups in total. The number of carbonyl (C=O) groups is 1. The van der Waals surface area contributed by atoms with E-state index in [9.17, 15) is 14.9 Å². The van der Waals surface area contributed by atoms with Crippen molar-refractivity contribution in [3.8, 4) is 5.75 Å². The lowest BCUT2D eigenvalue weighted by Gasteiger charge is -2.15. The lowest BCUT2D eigenvalue weighted by Crippen LogP contribution is -2.34. The smallest absolute Gasteiger partial charge is 0.282 e. The molecular formula is C18H17ClN2O4. The number of nitro benzene ring substituents is 1. The minimum Gasteiger partial charge on any atom is -0.493 e. The van der Waals surface area contributed by atoms with Crippen LogP contribution in [0.15, 0.2) is 36.4 Å². The Morgan fingerprint density at radius 1 is 1.36 bits per heavy atom. The lowest BCUT2D eigenvalue weighted by molar-refractivity contribution is -0.385. The van der Waals surface area contributed by atoms with Crippen LogP contribution < -0.4 is 10.1 Å². The predicted molar refractivity (Wildman–Crippen MR) is 94.4 cm³/mol. The molecule has 1 atom stereocenters. The monoisotopic (exact) mass is 360 g/mol. The first-order chi connectivity index (χ1) is 11.9. The molecule has 0 aromatic heterocycles. The minimum absolute atomic E-state index is 0.0355. The second kappa shape index (κ2) is 7.11. The van der Waals surface area contributed by atoms with E-state index >= 15 is 0 Å². The van der Waals surface area contributed by atoms with E-state index in [1.54, 1.807) is 0 Å². The standard InChI is InChI=1S/C18H17ClN2O4/c1-11(8-12-2-5-17-13(9-12)6-7-25-17)20-18(22)15-10-14(19)3-4-16(15)21(23)24/h2-5,9-11H,6-8H2,1H3,(H,20,22). The van der Waals surface area contributed by atoms with Crippen LogP contribution in [0.5, 0.6) is 5.75 Å². The van der Waals surface area contributed by atoms with Crippen molar-refractivity contribution in [1.82, 2.24) is 5.32 Å². The molecule has 3 rings (SSSR count). The average Bonchev–Trinajstić information content (AvgIpc) is 3.01. The molecule has 25 heavy (non-hydrogen) atoms. The predicted octanol–water partition coefficient (Wildman–Crippen LogP) is 3.54. The van der Waals surface area contributed by atoms with Gasteiger partial charge in [-0.15, -0.1) is 0 Å². The molecule has 0 bridgehead atoms. The van der Waals surface area contributed by atoms with Gasteiger partial charge in [0.1, 0.15) is 11.3 Å². The van der Waals surface area contributed by atoms with Crippen molar-refractivity contribution in [2.75, 3.05) is 6.61 Å². The number of fused-ring (bicyclic) bond motifs is 1. The van der Waals surface area contributed by atoms with Crippen LogP contribution in [0.3, 0.4) is 0 Å². The number of carbonyl (C=O) groups excluding carboxylic acids is 1. The van der Waals surface area contributed by atoms with Gasteiger partial charge in [-0.1, -0.05) is 23.7 Å². The van der Waals surface area contributed by atoms with Gasteiger partial charge in [0.25, 0.3) is 11.6 Å². The summed E-state index contributed by atoms with van der Waals surface area (Å²) in [6, 6.07) is 9.74. The molecule has 0 aliphatic carbocycles. The van der Waals surface area contributed by atoms with Gasteiger partial charge in [0, 0.05) is 23.6 Å². The van der Waals surface area contributed by atoms with Crippen LogP contribution in [0, 0.1) is 10.1 Å². The van der Waals surface area contributed by atoms with Crippen molar-refractivity contribution in [2.45, 2.75) is 25.8 Å². The highest BCUT2D eigenvalue weighted by Gasteiger charge is 2.22. The third-order valence-corrected chi connectivity index (χ3v) is 4.31. The van der Waals surface area contributed by atoms with Crippen LogP contribution in [0.25, 0.3) is 0 Å². The topological polar surface area (TPSA) is 81.5 Å². The molecule has 6 nitrogen and oxygen atoms in total. The number of halogens is 1. The van der Waals surface area contributed by atoms with E-state index in [1.807, 2.05) is 19.1 Å². The molecule has 1 unspecified atom stereocenters. The molecule has 7 heteroatoms. The number of nitrogens with zero attached hydrogens (tertiary/aromatic N) is 1. The van der Waals surface area contributed by atoms with Gasteiger partial charge in [-0.2, -0.15) is 0 Å². The summed E-state index contributed by atoms with van der Waals surface area (Å²) in [4.78, 5) is 22.9. The van der Waals surface area contributed by atoms with E-state index < -0.39 is 10.8 Å². The van der Waals surface area contributed by atoms with Gasteiger partial charge in [-0.05, 0) is 42.7 Å². The van der Waals surface area contributed by atoms with Crippen LogP contribution in [-0.2, 0) is 12.8 Å². The van der Waals surface area contributed by atoms with Gasteiger partial charge in [0.15, 0.2) is 0 Å². The number of nitro groups is 1. The molecule has 1 aliphatic heterocycles. The average molecular weight is 361 g/mol. The summed E-state index contributed by atoms with van der Waals surface area (Å²) in [5.41, 5.74) is 1.95. The summed E-state index contributed by atoms with van der Waals surface area (Å²) in [5.74, 6) is 0.404. The maximum atomic E-state index is 12.4. The van der Waals surface area contributed by atoms with E-state index in [2.05, 4.69) is 11.4 Å². The number of rotatable bonds is 5. The van der Waals surface area contributed by atoms with E-state index in [0.717, 1.165) is 17.7 Å². The van der Waals surface area contributed by atoms with E-state index in [1.165, 1.54) is 23.8 Å². The second-order valence-corrected chi connectivity index (χ2v) is 6.47. The maximum absolute atomic E-state index is 12.4. The Kier molecular flexibility index (Phi) is 4.90. The molecule has 1 amide bonds. The zero-order valence-corrected chi connectivity index (χ0v) is 14.4. The first kappa shape index (κ1) is 17.2. The number of ether oxygens (including phenoxy) is 1. The summed E-state index contributed by atoms with van der Waals surface area (Å²) in [5, 5.41) is 14.2. The van der Waals surface area contributed by atoms with Gasteiger partial charge in [0.2, 0.25) is 0 Å². The summed E-state index contributed by atoms with van der Waals surface area (Å²) in [6.45, 7) is 2.56. The number of hydrogen-bond acceptors (Lipinski definition) is 4. The van der Waals surface area contributed by atoms with Gasteiger partial charge in [0.05, 0.1) is 11.5 Å². The fraction of sp³-hybridized carbons (Fsp3) is 0.278. The Morgan fingerprint density at radius 3 is 2.92 bits per heavy atom. The Morgan fingerprint density at radius 2 is 2.16 bits per heavy atom. The molecule has 2 aromatic carbocycles. The molecule has 130 valence electrons. The summed E-state index contributed by atoms with van der Waals surface area (Å²) >= 11 is 5.87. The minimum atomic E-state index is -0.587. The van der Waals surface area contributed by atoms with E-state index in [4.69, 9.17) is 16.3 Å². The van der Waals surface area contributed by atoms with Crippen molar-refractivity contribution < 1.29 is 14.5 Å². The number of nitrogens with one attached hydrogen (secondary N) is 1. The Bertz CT molecular complexity index is 838. The number of benzene rings is 2. The molecule has 1 aliphatic rings. The zero-order valence-electron chi connectivity index (χ0n) is 13.6. The fourth-order valence-corrected chi connectivity index (χ4v) is 3.09. The van der Waals surface area contributed by atoms with E-state index in [0.29, 0.717) is 13.0 Å². The zero-order chi connectivity index (χ0) is 18.0. The number of amides is 1. The van der Waals surface area contributed by atoms with Gasteiger partial charge >= 0.3 is 0 Å². The molecule has 2 aromatic rings. The molecule has 1 heterocycles. The van der Waals surface area contributed by atoms with Crippen LogP contribution in [-0.4, -0.2) is 23.5 Å². The van der Waals surface area contributed by atoms with Crippen molar-refractivity contribution in [2.24, 2.45) is 0 Å². The van der Waals surface area contributed by atoms with E-state index in [-0.39, 0.29) is 22.3 Å². The summed E-state index contributed by atoms with van der Waals surface area (Å²) in [7, 11) is 0. The first-order valence-electron chi connectivity index (χ1n) is 7.93. The molecule has 0 spiro atoms. The summed E-state index contributed by atoms with van der Waals surface area (Å²) < 4.78 is 5.48. The summed E-state index contributed by atoms with van der Waals surface area (Å²) in [6.07, 6.45) is 1.51. The quantitative estimate of drug-likeness (QED) is 0.653.